The zero-order valence-corrected chi connectivity index (χ0v) is 9.50. The van der Waals surface area contributed by atoms with Crippen LogP contribution >= 0.6 is 0 Å². The van der Waals surface area contributed by atoms with Crippen molar-refractivity contribution in [2.24, 2.45) is 0 Å². The van der Waals surface area contributed by atoms with E-state index in [4.69, 9.17) is 4.42 Å². The van der Waals surface area contributed by atoms with Gasteiger partial charge in [0.05, 0.1) is 10.9 Å². The van der Waals surface area contributed by atoms with E-state index < -0.39 is 0 Å². The Balaban J connectivity index is 2.13. The molecule has 0 saturated heterocycles. The molecule has 3 nitrogen and oxygen atoms in total. The molecule has 1 heterocycles. The number of fused-ring (bicyclic) bond motifs is 1. The SMILES string of the molecule is Oc1ccc(-c2ccc3cc(O)ccc3[o+]2)cc1. The van der Waals surface area contributed by atoms with E-state index in [-0.39, 0.29) is 11.5 Å². The first-order valence-electron chi connectivity index (χ1n) is 5.58. The Hall–Kier alpha value is -2.55. The van der Waals surface area contributed by atoms with Crippen LogP contribution in [-0.4, -0.2) is 10.2 Å². The Bertz CT molecular complexity index is 703. The van der Waals surface area contributed by atoms with Gasteiger partial charge in [-0.05, 0) is 42.5 Å². The Kier molecular flexibility index (Phi) is 2.38. The molecule has 2 N–H and O–H groups in total. The maximum atomic E-state index is 9.38. The molecule has 0 aliphatic rings. The lowest BCUT2D eigenvalue weighted by Crippen LogP contribution is -1.79. The zero-order valence-electron chi connectivity index (χ0n) is 9.50. The Morgan fingerprint density at radius 3 is 2.22 bits per heavy atom. The molecular formula is C15H11O3+. The Labute approximate surface area is 104 Å². The highest BCUT2D eigenvalue weighted by Gasteiger charge is 2.14. The first-order valence-corrected chi connectivity index (χ1v) is 5.58. The molecule has 0 fully saturated rings. The first kappa shape index (κ1) is 10.6. The second kappa shape index (κ2) is 4.04. The second-order valence-electron chi connectivity index (χ2n) is 4.07. The summed E-state index contributed by atoms with van der Waals surface area (Å²) in [5.74, 6) is 1.16. The highest BCUT2D eigenvalue weighted by Crippen LogP contribution is 2.27. The summed E-state index contributed by atoms with van der Waals surface area (Å²) in [6.45, 7) is 0. The van der Waals surface area contributed by atoms with Gasteiger partial charge in [0, 0.05) is 12.1 Å². The van der Waals surface area contributed by atoms with Crippen LogP contribution in [-0.2, 0) is 0 Å². The van der Waals surface area contributed by atoms with Crippen molar-refractivity contribution in [3.63, 3.8) is 0 Å². The molecular weight excluding hydrogens is 228 g/mol. The number of phenols is 2. The van der Waals surface area contributed by atoms with Crippen LogP contribution in [0.5, 0.6) is 11.5 Å². The molecule has 0 radical (unpaired) electrons. The minimum Gasteiger partial charge on any atom is -0.508 e. The topological polar surface area (TPSA) is 51.8 Å². The lowest BCUT2D eigenvalue weighted by atomic mass is 10.1. The highest BCUT2D eigenvalue weighted by atomic mass is 16.3. The lowest BCUT2D eigenvalue weighted by molar-refractivity contribution is 0.474. The largest absolute Gasteiger partial charge is 0.508 e. The van der Waals surface area contributed by atoms with Crippen molar-refractivity contribution in [1.82, 2.24) is 0 Å². The van der Waals surface area contributed by atoms with Crippen molar-refractivity contribution in [2.45, 2.75) is 0 Å². The number of aromatic hydroxyl groups is 2. The fourth-order valence-electron chi connectivity index (χ4n) is 1.86. The molecule has 0 spiro atoms. The molecule has 0 unspecified atom stereocenters. The van der Waals surface area contributed by atoms with Gasteiger partial charge in [-0.2, -0.15) is 0 Å². The molecule has 3 aromatic rings. The minimum absolute atomic E-state index is 0.218. The fourth-order valence-corrected chi connectivity index (χ4v) is 1.86. The smallest absolute Gasteiger partial charge is 0.361 e. The number of hydrogen-bond donors (Lipinski definition) is 2. The zero-order chi connectivity index (χ0) is 12.5. The molecule has 1 aromatic heterocycles. The number of phenolic OH excluding ortho intramolecular Hbond substituents is 2. The van der Waals surface area contributed by atoms with Gasteiger partial charge >= 0.3 is 11.3 Å². The second-order valence-corrected chi connectivity index (χ2v) is 4.07. The van der Waals surface area contributed by atoms with Crippen LogP contribution in [0.25, 0.3) is 22.3 Å². The van der Waals surface area contributed by atoms with E-state index >= 15 is 0 Å². The van der Waals surface area contributed by atoms with Crippen molar-refractivity contribution in [2.75, 3.05) is 0 Å². The van der Waals surface area contributed by atoms with Crippen LogP contribution < -0.4 is 0 Å². The molecule has 3 rings (SSSR count). The third-order valence-electron chi connectivity index (χ3n) is 2.78. The van der Waals surface area contributed by atoms with E-state index in [2.05, 4.69) is 0 Å². The van der Waals surface area contributed by atoms with Gasteiger partial charge in [-0.1, -0.05) is 0 Å². The maximum Gasteiger partial charge on any atom is 0.361 e. The minimum atomic E-state index is 0.218. The summed E-state index contributed by atoms with van der Waals surface area (Å²) in [5.41, 5.74) is 1.60. The summed E-state index contributed by atoms with van der Waals surface area (Å²) in [6.07, 6.45) is 0. The fraction of sp³-hybridized carbons (Fsp3) is 0. The molecule has 0 atom stereocenters. The van der Waals surface area contributed by atoms with Gasteiger partial charge in [0.2, 0.25) is 0 Å². The van der Waals surface area contributed by atoms with E-state index in [1.807, 2.05) is 12.1 Å². The predicted octanol–water partition coefficient (Wildman–Crippen LogP) is 3.79. The average molecular weight is 239 g/mol. The Morgan fingerprint density at radius 1 is 0.722 bits per heavy atom. The highest BCUT2D eigenvalue weighted by molar-refractivity contribution is 5.80. The summed E-state index contributed by atoms with van der Waals surface area (Å²) < 4.78 is 5.75. The van der Waals surface area contributed by atoms with Gasteiger partial charge in [-0.25, -0.2) is 4.42 Å². The van der Waals surface area contributed by atoms with Crippen LogP contribution in [0.3, 0.4) is 0 Å². The van der Waals surface area contributed by atoms with Crippen molar-refractivity contribution in [1.29, 1.82) is 0 Å². The maximum absolute atomic E-state index is 9.38. The van der Waals surface area contributed by atoms with E-state index in [1.54, 1.807) is 42.5 Å². The normalized spacial score (nSPS) is 10.7. The molecule has 3 heteroatoms. The van der Waals surface area contributed by atoms with Crippen LogP contribution in [0, 0.1) is 0 Å². The molecule has 0 aliphatic carbocycles. The summed E-state index contributed by atoms with van der Waals surface area (Å²) in [7, 11) is 0. The Morgan fingerprint density at radius 2 is 1.44 bits per heavy atom. The number of hydrogen-bond acceptors (Lipinski definition) is 2. The van der Waals surface area contributed by atoms with Gasteiger partial charge < -0.3 is 10.2 Å². The number of benzene rings is 2. The molecule has 2 aromatic carbocycles. The van der Waals surface area contributed by atoms with Gasteiger partial charge in [0.1, 0.15) is 11.5 Å². The summed E-state index contributed by atoms with van der Waals surface area (Å²) in [4.78, 5) is 0. The molecule has 88 valence electrons. The molecule has 0 bridgehead atoms. The monoisotopic (exact) mass is 239 g/mol. The third-order valence-corrected chi connectivity index (χ3v) is 2.78. The quantitative estimate of drug-likeness (QED) is 0.635. The van der Waals surface area contributed by atoms with E-state index in [9.17, 15) is 10.2 Å². The van der Waals surface area contributed by atoms with Gasteiger partial charge in [-0.3, -0.25) is 0 Å². The molecule has 18 heavy (non-hydrogen) atoms. The molecule has 0 amide bonds. The van der Waals surface area contributed by atoms with Crippen molar-refractivity contribution in [3.8, 4) is 22.8 Å². The molecule has 0 saturated carbocycles. The van der Waals surface area contributed by atoms with Crippen LogP contribution in [0.4, 0.5) is 0 Å². The lowest BCUT2D eigenvalue weighted by Gasteiger charge is -1.95. The standard InChI is InChI=1S/C15H10O3/c16-12-4-1-10(2-5-12)14-7-3-11-9-13(17)6-8-15(11)18-14/h1-9H,(H-,16,17)/p+1. The van der Waals surface area contributed by atoms with Gasteiger partial charge in [0.25, 0.3) is 0 Å². The average Bonchev–Trinajstić information content (AvgIpc) is 2.39. The van der Waals surface area contributed by atoms with Crippen LogP contribution in [0.15, 0.2) is 59.0 Å². The third kappa shape index (κ3) is 1.86. The van der Waals surface area contributed by atoms with Crippen LogP contribution in [0.2, 0.25) is 0 Å². The van der Waals surface area contributed by atoms with Crippen molar-refractivity contribution >= 4 is 11.0 Å². The first-order chi connectivity index (χ1) is 8.72. The van der Waals surface area contributed by atoms with Gasteiger partial charge in [0.15, 0.2) is 0 Å². The number of rotatable bonds is 1. The van der Waals surface area contributed by atoms with E-state index in [0.29, 0.717) is 11.3 Å². The van der Waals surface area contributed by atoms with Gasteiger partial charge in [-0.15, -0.1) is 0 Å². The van der Waals surface area contributed by atoms with Crippen molar-refractivity contribution < 1.29 is 14.6 Å². The predicted molar refractivity (Wildman–Crippen MR) is 69.4 cm³/mol. The summed E-state index contributed by atoms with van der Waals surface area (Å²) in [5, 5.41) is 19.5. The summed E-state index contributed by atoms with van der Waals surface area (Å²) in [6, 6.07) is 15.5. The van der Waals surface area contributed by atoms with Crippen LogP contribution in [0.1, 0.15) is 0 Å². The van der Waals surface area contributed by atoms with E-state index in [1.165, 1.54) is 0 Å². The summed E-state index contributed by atoms with van der Waals surface area (Å²) >= 11 is 0. The molecule has 0 aliphatic heterocycles. The van der Waals surface area contributed by atoms with E-state index in [0.717, 1.165) is 10.9 Å². The van der Waals surface area contributed by atoms with Crippen molar-refractivity contribution in [3.05, 3.63) is 54.6 Å².